The Bertz CT molecular complexity index is 1060. The summed E-state index contributed by atoms with van der Waals surface area (Å²) in [6.45, 7) is 0. The van der Waals surface area contributed by atoms with Gasteiger partial charge in [-0.15, -0.1) is 0 Å². The number of carbonyl (C=O) groups excluding carboxylic acids is 1. The molecule has 1 aliphatic rings. The van der Waals surface area contributed by atoms with E-state index in [-0.39, 0.29) is 5.78 Å². The second-order valence-corrected chi connectivity index (χ2v) is 6.71. The second-order valence-electron chi connectivity index (χ2n) is 6.71. The highest BCUT2D eigenvalue weighted by Crippen LogP contribution is 2.47. The Labute approximate surface area is 164 Å². The van der Waals surface area contributed by atoms with Crippen molar-refractivity contribution in [1.82, 2.24) is 0 Å². The van der Waals surface area contributed by atoms with E-state index in [0.29, 0.717) is 16.7 Å². The smallest absolute Gasteiger partial charge is 0.185 e. The zero-order valence-electron chi connectivity index (χ0n) is 15.3. The van der Waals surface area contributed by atoms with Crippen molar-refractivity contribution >= 4 is 17.4 Å². The van der Waals surface area contributed by atoms with E-state index >= 15 is 0 Å². The highest BCUT2D eigenvalue weighted by molar-refractivity contribution is 6.18. The van der Waals surface area contributed by atoms with Crippen LogP contribution in [0.1, 0.15) is 16.7 Å². The van der Waals surface area contributed by atoms with Crippen LogP contribution in [-0.2, 0) is 10.4 Å². The van der Waals surface area contributed by atoms with Crippen LogP contribution in [0.4, 0.5) is 0 Å². The van der Waals surface area contributed by atoms with Gasteiger partial charge in [0, 0.05) is 11.1 Å². The molecule has 0 spiro atoms. The third-order valence-corrected chi connectivity index (χ3v) is 4.95. The van der Waals surface area contributed by atoms with Crippen LogP contribution in [0.25, 0.3) is 11.6 Å². The van der Waals surface area contributed by atoms with Crippen molar-refractivity contribution in [3.8, 4) is 0 Å². The molecule has 1 atom stereocenters. The third-order valence-electron chi connectivity index (χ3n) is 4.95. The second kappa shape index (κ2) is 7.63. The lowest BCUT2D eigenvalue weighted by molar-refractivity contribution is -0.112. The van der Waals surface area contributed by atoms with Gasteiger partial charge >= 0.3 is 0 Å². The highest BCUT2D eigenvalue weighted by atomic mass is 16.3. The van der Waals surface area contributed by atoms with E-state index in [1.165, 1.54) is 0 Å². The maximum Gasteiger partial charge on any atom is 0.185 e. The summed E-state index contributed by atoms with van der Waals surface area (Å²) in [6.07, 6.45) is 7.00. The Morgan fingerprint density at radius 3 is 1.96 bits per heavy atom. The van der Waals surface area contributed by atoms with E-state index in [4.69, 9.17) is 0 Å². The van der Waals surface area contributed by atoms with Gasteiger partial charge in [0.25, 0.3) is 0 Å². The van der Waals surface area contributed by atoms with Gasteiger partial charge < -0.3 is 5.11 Å². The van der Waals surface area contributed by atoms with Gasteiger partial charge in [-0.05, 0) is 22.8 Å². The van der Waals surface area contributed by atoms with Crippen LogP contribution >= 0.6 is 0 Å². The van der Waals surface area contributed by atoms with Gasteiger partial charge in [-0.2, -0.15) is 0 Å². The lowest BCUT2D eigenvalue weighted by Crippen LogP contribution is -2.28. The predicted molar refractivity (Wildman–Crippen MR) is 113 cm³/mol. The molecular weight excluding hydrogens is 344 g/mol. The number of rotatable bonds is 4. The molecule has 0 aromatic heterocycles. The molecule has 0 bridgehead atoms. The number of ketones is 1. The number of hydrogen-bond acceptors (Lipinski definition) is 2. The van der Waals surface area contributed by atoms with E-state index in [1.807, 2.05) is 103 Å². The molecule has 3 aromatic carbocycles. The first kappa shape index (κ1) is 17.9. The molecule has 4 rings (SSSR count). The zero-order chi connectivity index (χ0) is 19.4. The van der Waals surface area contributed by atoms with Crippen LogP contribution in [0.5, 0.6) is 0 Å². The van der Waals surface area contributed by atoms with Gasteiger partial charge in [-0.1, -0.05) is 109 Å². The van der Waals surface area contributed by atoms with Crippen LogP contribution in [0.3, 0.4) is 0 Å². The normalized spacial score (nSPS) is 20.7. The number of aliphatic hydroxyl groups is 1. The van der Waals surface area contributed by atoms with E-state index in [0.717, 1.165) is 11.1 Å². The molecule has 1 N–H and O–H groups in total. The summed E-state index contributed by atoms with van der Waals surface area (Å²) in [5, 5.41) is 11.8. The summed E-state index contributed by atoms with van der Waals surface area (Å²) in [7, 11) is 0. The summed E-state index contributed by atoms with van der Waals surface area (Å²) >= 11 is 0. The molecule has 2 nitrogen and oxygen atoms in total. The molecule has 136 valence electrons. The van der Waals surface area contributed by atoms with Crippen LogP contribution in [0.2, 0.25) is 0 Å². The summed E-state index contributed by atoms with van der Waals surface area (Å²) in [6, 6.07) is 28.8. The van der Waals surface area contributed by atoms with Gasteiger partial charge in [-0.25, -0.2) is 0 Å². The third kappa shape index (κ3) is 3.26. The van der Waals surface area contributed by atoms with Crippen molar-refractivity contribution in [1.29, 1.82) is 0 Å². The van der Waals surface area contributed by atoms with E-state index < -0.39 is 5.60 Å². The summed E-state index contributed by atoms with van der Waals surface area (Å²) in [4.78, 5) is 12.9. The molecular formula is C26H20O2. The Balaban J connectivity index is 1.81. The van der Waals surface area contributed by atoms with Gasteiger partial charge in [0.1, 0.15) is 5.60 Å². The van der Waals surface area contributed by atoms with Crippen LogP contribution in [0.15, 0.2) is 115 Å². The molecule has 1 aliphatic carbocycles. The Kier molecular flexibility index (Phi) is 4.88. The van der Waals surface area contributed by atoms with Gasteiger partial charge in [0.2, 0.25) is 0 Å². The number of benzene rings is 3. The van der Waals surface area contributed by atoms with Crippen LogP contribution in [0, 0.1) is 0 Å². The summed E-state index contributed by atoms with van der Waals surface area (Å²) < 4.78 is 0. The van der Waals surface area contributed by atoms with Gasteiger partial charge in [0.05, 0.1) is 0 Å². The Hall–Kier alpha value is -3.49. The van der Waals surface area contributed by atoms with Crippen molar-refractivity contribution < 1.29 is 9.90 Å². The standard InChI is InChI=1S/C26H20O2/c27-25-19-24(21-14-6-2-7-15-21)26(28,22-16-8-3-9-17-22)23(25)18-10-13-20-11-4-1-5-12-20/h1-19,28H/b13-10+,23-18+. The van der Waals surface area contributed by atoms with Crippen LogP contribution < -0.4 is 0 Å². The average molecular weight is 364 g/mol. The molecule has 0 aliphatic heterocycles. The fourth-order valence-corrected chi connectivity index (χ4v) is 3.56. The molecule has 2 heteroatoms. The highest BCUT2D eigenvalue weighted by Gasteiger charge is 2.45. The minimum atomic E-state index is -1.49. The van der Waals surface area contributed by atoms with E-state index in [9.17, 15) is 9.90 Å². The largest absolute Gasteiger partial charge is 0.376 e. The van der Waals surface area contributed by atoms with Crippen LogP contribution in [-0.4, -0.2) is 10.9 Å². The molecule has 1 unspecified atom stereocenters. The topological polar surface area (TPSA) is 37.3 Å². The Morgan fingerprint density at radius 1 is 0.750 bits per heavy atom. The molecule has 28 heavy (non-hydrogen) atoms. The SMILES string of the molecule is O=C1C=C(c2ccccc2)C(O)(c2ccccc2)/C1=C/C=C/c1ccccc1. The van der Waals surface area contributed by atoms with E-state index in [1.54, 1.807) is 12.2 Å². The molecule has 0 radical (unpaired) electrons. The molecule has 0 saturated carbocycles. The minimum absolute atomic E-state index is 0.178. The average Bonchev–Trinajstić information content (AvgIpc) is 3.02. The maximum atomic E-state index is 12.9. The molecule has 0 fully saturated rings. The van der Waals surface area contributed by atoms with Crippen molar-refractivity contribution in [3.63, 3.8) is 0 Å². The summed E-state index contributed by atoms with van der Waals surface area (Å²) in [5.41, 5.74) is 2.01. The number of allylic oxidation sites excluding steroid dienone is 3. The summed E-state index contributed by atoms with van der Waals surface area (Å²) in [5.74, 6) is -0.178. The zero-order valence-corrected chi connectivity index (χ0v) is 15.3. The molecule has 0 amide bonds. The van der Waals surface area contributed by atoms with Crippen molar-refractivity contribution in [2.24, 2.45) is 0 Å². The quantitative estimate of drug-likeness (QED) is 0.648. The monoisotopic (exact) mass is 364 g/mol. The lowest BCUT2D eigenvalue weighted by Gasteiger charge is -2.28. The van der Waals surface area contributed by atoms with Gasteiger partial charge in [-0.3, -0.25) is 4.79 Å². The fourth-order valence-electron chi connectivity index (χ4n) is 3.56. The first-order valence-corrected chi connectivity index (χ1v) is 9.23. The fraction of sp³-hybridized carbons (Fsp3) is 0.0385. The van der Waals surface area contributed by atoms with E-state index in [2.05, 4.69) is 0 Å². The first-order valence-electron chi connectivity index (χ1n) is 9.23. The molecule has 3 aromatic rings. The van der Waals surface area contributed by atoms with Crippen molar-refractivity contribution in [2.75, 3.05) is 0 Å². The Morgan fingerprint density at radius 2 is 1.32 bits per heavy atom. The number of hydrogen-bond donors (Lipinski definition) is 1. The molecule has 0 heterocycles. The maximum absolute atomic E-state index is 12.9. The van der Waals surface area contributed by atoms with Crippen molar-refractivity contribution in [3.05, 3.63) is 131 Å². The lowest BCUT2D eigenvalue weighted by atomic mass is 9.80. The number of carbonyl (C=O) groups is 1. The molecule has 0 saturated heterocycles. The van der Waals surface area contributed by atoms with Gasteiger partial charge in [0.15, 0.2) is 5.78 Å². The first-order chi connectivity index (χ1) is 13.7. The van der Waals surface area contributed by atoms with Crippen molar-refractivity contribution in [2.45, 2.75) is 5.60 Å². The predicted octanol–water partition coefficient (Wildman–Crippen LogP) is 5.18. The minimum Gasteiger partial charge on any atom is -0.376 e.